The minimum Gasteiger partial charge on any atom is -0.494 e. The highest BCUT2D eigenvalue weighted by molar-refractivity contribution is 5.96. The summed E-state index contributed by atoms with van der Waals surface area (Å²) in [6.45, 7) is 8.60. The first kappa shape index (κ1) is 24.5. The van der Waals surface area contributed by atoms with Crippen molar-refractivity contribution in [2.24, 2.45) is 5.92 Å². The van der Waals surface area contributed by atoms with E-state index in [0.717, 1.165) is 27.6 Å². The average molecular weight is 477 g/mol. The van der Waals surface area contributed by atoms with Gasteiger partial charge in [-0.25, -0.2) is 0 Å². The first-order chi connectivity index (χ1) is 16.8. The second kappa shape index (κ2) is 9.90. The Balaban J connectivity index is 2.03. The molecule has 0 radical (unpaired) electrons. The van der Waals surface area contributed by atoms with Crippen molar-refractivity contribution < 1.29 is 23.4 Å². The first-order valence-corrected chi connectivity index (χ1v) is 11.8. The lowest BCUT2D eigenvalue weighted by Gasteiger charge is -2.20. The predicted octanol–water partition coefficient (Wildman–Crippen LogP) is 6.54. The van der Waals surface area contributed by atoms with Crippen molar-refractivity contribution in [3.8, 4) is 34.1 Å². The first-order valence-electron chi connectivity index (χ1n) is 11.8. The lowest BCUT2D eigenvalue weighted by Crippen LogP contribution is -2.12. The van der Waals surface area contributed by atoms with Gasteiger partial charge in [-0.05, 0) is 60.7 Å². The Morgan fingerprint density at radius 3 is 2.17 bits per heavy atom. The van der Waals surface area contributed by atoms with Crippen molar-refractivity contribution in [2.45, 2.75) is 34.1 Å². The summed E-state index contributed by atoms with van der Waals surface area (Å²) < 4.78 is 29.1. The highest BCUT2D eigenvalue weighted by atomic mass is 16.5. The molecule has 0 saturated carbocycles. The maximum absolute atomic E-state index is 14.1. The highest BCUT2D eigenvalue weighted by Crippen LogP contribution is 2.47. The molecule has 0 aliphatic heterocycles. The fourth-order valence-corrected chi connectivity index (χ4v) is 4.68. The van der Waals surface area contributed by atoms with Crippen LogP contribution < -0.4 is 24.4 Å². The molecule has 1 aromatic heterocycles. The van der Waals surface area contributed by atoms with Gasteiger partial charge >= 0.3 is 0 Å². The fourth-order valence-electron chi connectivity index (χ4n) is 4.68. The summed E-state index contributed by atoms with van der Waals surface area (Å²) in [6.07, 6.45) is 0.653. The minimum atomic E-state index is -0.170. The summed E-state index contributed by atoms with van der Waals surface area (Å²) in [7, 11) is 4.64. The molecule has 4 aromatic rings. The van der Waals surface area contributed by atoms with E-state index in [-0.39, 0.29) is 5.43 Å². The maximum atomic E-state index is 14.1. The Bertz CT molecular complexity index is 1450. The molecule has 0 bridgehead atoms. The third-order valence-corrected chi connectivity index (χ3v) is 6.11. The number of aryl methyl sites for hydroxylation is 1. The lowest BCUT2D eigenvalue weighted by atomic mass is 9.95. The number of hydrogen-bond donors (Lipinski definition) is 0. The van der Waals surface area contributed by atoms with E-state index < -0.39 is 0 Å². The molecule has 6 nitrogen and oxygen atoms in total. The molecule has 0 unspecified atom stereocenters. The largest absolute Gasteiger partial charge is 0.494 e. The lowest BCUT2D eigenvalue weighted by molar-refractivity contribution is 0.323. The zero-order valence-electron chi connectivity index (χ0n) is 21.4. The van der Waals surface area contributed by atoms with Crippen LogP contribution in [0.3, 0.4) is 0 Å². The van der Waals surface area contributed by atoms with Crippen LogP contribution in [0.25, 0.3) is 32.9 Å². The van der Waals surface area contributed by atoms with Gasteiger partial charge < -0.3 is 23.4 Å². The number of ether oxygens (including phenoxy) is 4. The van der Waals surface area contributed by atoms with Crippen molar-refractivity contribution in [1.29, 1.82) is 0 Å². The van der Waals surface area contributed by atoms with Crippen molar-refractivity contribution in [3.63, 3.8) is 0 Å². The van der Waals surface area contributed by atoms with E-state index in [1.54, 1.807) is 14.2 Å². The summed E-state index contributed by atoms with van der Waals surface area (Å²) >= 11 is 0. The second-order valence-electron chi connectivity index (χ2n) is 8.90. The third kappa shape index (κ3) is 4.29. The van der Waals surface area contributed by atoms with E-state index in [1.807, 2.05) is 50.2 Å². The van der Waals surface area contributed by atoms with Crippen LogP contribution in [0.15, 0.2) is 45.6 Å². The van der Waals surface area contributed by atoms with Crippen molar-refractivity contribution >= 4 is 21.7 Å². The van der Waals surface area contributed by atoms with Crippen LogP contribution in [-0.2, 0) is 6.42 Å². The molecule has 0 atom stereocenters. The van der Waals surface area contributed by atoms with Gasteiger partial charge in [0.1, 0.15) is 22.5 Å². The molecule has 35 heavy (non-hydrogen) atoms. The third-order valence-electron chi connectivity index (χ3n) is 6.11. The average Bonchev–Trinajstić information content (AvgIpc) is 2.83. The van der Waals surface area contributed by atoms with Crippen molar-refractivity contribution in [2.75, 3.05) is 27.9 Å². The van der Waals surface area contributed by atoms with E-state index in [0.29, 0.717) is 58.5 Å². The number of benzene rings is 3. The van der Waals surface area contributed by atoms with Crippen LogP contribution in [0.4, 0.5) is 0 Å². The molecule has 0 N–H and O–H groups in total. The Hall–Kier alpha value is -3.67. The van der Waals surface area contributed by atoms with E-state index in [9.17, 15) is 4.79 Å². The van der Waals surface area contributed by atoms with E-state index in [2.05, 4.69) is 13.8 Å². The minimum absolute atomic E-state index is 0.170. The van der Waals surface area contributed by atoms with Gasteiger partial charge in [0.25, 0.3) is 0 Å². The molecule has 184 valence electrons. The van der Waals surface area contributed by atoms with Crippen LogP contribution >= 0.6 is 0 Å². The van der Waals surface area contributed by atoms with E-state index in [1.165, 1.54) is 7.11 Å². The number of hydrogen-bond acceptors (Lipinski definition) is 6. The zero-order valence-corrected chi connectivity index (χ0v) is 21.4. The van der Waals surface area contributed by atoms with Gasteiger partial charge in [0.2, 0.25) is 11.2 Å². The topological polar surface area (TPSA) is 67.1 Å². The summed E-state index contributed by atoms with van der Waals surface area (Å²) in [5.74, 6) is 2.88. The van der Waals surface area contributed by atoms with Gasteiger partial charge in [0, 0.05) is 5.56 Å². The molecule has 0 aliphatic rings. The summed E-state index contributed by atoms with van der Waals surface area (Å²) in [5.41, 5.74) is 2.37. The standard InChI is InChI=1S/C29H32O6/c1-8-34-21-12-11-18-14-20(10-9-19(18)15-21)23-17(4)35-26-22(13-16(2)3)27(31-5)29(33-7)28(32-6)24(26)25(23)30/h9-12,14-16H,8,13H2,1-7H3. The molecule has 4 rings (SSSR count). The van der Waals surface area contributed by atoms with Gasteiger partial charge in [-0.2, -0.15) is 0 Å². The van der Waals surface area contributed by atoms with Gasteiger partial charge in [-0.1, -0.05) is 32.0 Å². The van der Waals surface area contributed by atoms with Crippen LogP contribution in [0, 0.1) is 12.8 Å². The Kier molecular flexibility index (Phi) is 6.92. The Labute approximate surface area is 205 Å². The van der Waals surface area contributed by atoms with E-state index >= 15 is 0 Å². The van der Waals surface area contributed by atoms with Crippen LogP contribution in [0.1, 0.15) is 32.1 Å². The molecular weight excluding hydrogens is 444 g/mol. The van der Waals surface area contributed by atoms with Gasteiger partial charge in [0.15, 0.2) is 11.5 Å². The van der Waals surface area contributed by atoms with Crippen LogP contribution in [0.5, 0.6) is 23.0 Å². The summed E-state index contributed by atoms with van der Waals surface area (Å²) in [4.78, 5) is 14.1. The fraction of sp³-hybridized carbons (Fsp3) is 0.345. The highest BCUT2D eigenvalue weighted by Gasteiger charge is 2.28. The van der Waals surface area contributed by atoms with Gasteiger partial charge in [0.05, 0.1) is 33.5 Å². The SMILES string of the molecule is CCOc1ccc2cc(-c3c(C)oc4c(CC(C)C)c(OC)c(OC)c(OC)c4c3=O)ccc2c1. The normalized spacial score (nSPS) is 11.3. The zero-order chi connectivity index (χ0) is 25.3. The summed E-state index contributed by atoms with van der Waals surface area (Å²) in [5, 5.41) is 2.39. The number of fused-ring (bicyclic) bond motifs is 2. The maximum Gasteiger partial charge on any atom is 0.204 e. The van der Waals surface area contributed by atoms with Gasteiger partial charge in [-0.15, -0.1) is 0 Å². The Morgan fingerprint density at radius 1 is 0.886 bits per heavy atom. The molecule has 0 fully saturated rings. The van der Waals surface area contributed by atoms with Crippen molar-refractivity contribution in [1.82, 2.24) is 0 Å². The summed E-state index contributed by atoms with van der Waals surface area (Å²) in [6, 6.07) is 11.9. The molecule has 0 spiro atoms. The van der Waals surface area contributed by atoms with Crippen LogP contribution in [-0.4, -0.2) is 27.9 Å². The molecule has 1 heterocycles. The van der Waals surface area contributed by atoms with Gasteiger partial charge in [-0.3, -0.25) is 4.79 Å². The molecule has 3 aromatic carbocycles. The van der Waals surface area contributed by atoms with E-state index in [4.69, 9.17) is 23.4 Å². The van der Waals surface area contributed by atoms with Crippen LogP contribution in [0.2, 0.25) is 0 Å². The Morgan fingerprint density at radius 2 is 1.54 bits per heavy atom. The quantitative estimate of drug-likeness (QED) is 0.287. The molecular formula is C29H32O6. The van der Waals surface area contributed by atoms with Crippen molar-refractivity contribution in [3.05, 3.63) is 57.9 Å². The molecule has 6 heteroatoms. The molecule has 0 aliphatic carbocycles. The number of methoxy groups -OCH3 is 3. The molecule has 0 saturated heterocycles. The second-order valence-corrected chi connectivity index (χ2v) is 8.90. The predicted molar refractivity (Wildman–Crippen MR) is 140 cm³/mol. The molecule has 0 amide bonds. The number of rotatable bonds is 8. The smallest absolute Gasteiger partial charge is 0.204 e. The monoisotopic (exact) mass is 476 g/mol.